The summed E-state index contributed by atoms with van der Waals surface area (Å²) in [5.74, 6) is 0. The average Bonchev–Trinajstić information content (AvgIpc) is 2.26. The van der Waals surface area contributed by atoms with E-state index in [4.69, 9.17) is 21.6 Å². The number of hydrogen-bond donors (Lipinski definition) is 2. The van der Waals surface area contributed by atoms with Crippen molar-refractivity contribution in [3.63, 3.8) is 0 Å². The Morgan fingerprint density at radius 2 is 1.31 bits per heavy atom. The lowest BCUT2D eigenvalue weighted by molar-refractivity contribution is 0.396. The van der Waals surface area contributed by atoms with Crippen LogP contribution in [0, 0.1) is 0 Å². The van der Waals surface area contributed by atoms with Gasteiger partial charge in [0.05, 0.1) is 5.28 Å². The summed E-state index contributed by atoms with van der Waals surface area (Å²) < 4.78 is 0. The zero-order valence-electron chi connectivity index (χ0n) is 10.5. The van der Waals surface area contributed by atoms with Crippen molar-refractivity contribution in [1.29, 1.82) is 0 Å². The zero-order valence-corrected chi connectivity index (χ0v) is 11.3. The van der Waals surface area contributed by atoms with Crippen molar-refractivity contribution in [3.05, 3.63) is 0 Å². The predicted octanol–water partition coefficient (Wildman–Crippen LogP) is 3.53. The third-order valence-corrected chi connectivity index (χ3v) is 3.35. The van der Waals surface area contributed by atoms with Gasteiger partial charge in [-0.25, -0.2) is 0 Å². The van der Waals surface area contributed by atoms with Crippen molar-refractivity contribution in [1.82, 2.24) is 0 Å². The molecule has 0 spiro atoms. The maximum absolute atomic E-state index is 8.77. The van der Waals surface area contributed by atoms with E-state index in [2.05, 4.69) is 6.92 Å². The van der Waals surface area contributed by atoms with E-state index in [1.807, 2.05) is 0 Å². The third kappa shape index (κ3) is 10.8. The van der Waals surface area contributed by atoms with Crippen molar-refractivity contribution >= 4 is 18.7 Å². The van der Waals surface area contributed by atoms with E-state index in [9.17, 15) is 0 Å². The summed E-state index contributed by atoms with van der Waals surface area (Å²) in [6, 6.07) is 0. The van der Waals surface area contributed by atoms with Crippen LogP contribution in [0.2, 0.25) is 0 Å². The second-order valence-electron chi connectivity index (χ2n) is 4.55. The van der Waals surface area contributed by atoms with E-state index in [1.54, 1.807) is 0 Å². The van der Waals surface area contributed by atoms with Crippen LogP contribution in [0.3, 0.4) is 0 Å². The Balaban J connectivity index is 3.04. The lowest BCUT2D eigenvalue weighted by Crippen LogP contribution is -2.25. The molecule has 1 unspecified atom stereocenters. The molecule has 0 aliphatic rings. The zero-order chi connectivity index (χ0) is 12.2. The molecule has 96 valence electrons. The predicted molar refractivity (Wildman–Crippen MR) is 71.7 cm³/mol. The van der Waals surface area contributed by atoms with Crippen molar-refractivity contribution in [3.8, 4) is 0 Å². The van der Waals surface area contributed by atoms with E-state index in [0.717, 1.165) is 12.8 Å². The SMILES string of the molecule is CCCCCCCCCCCC(Cl)B(O)O. The maximum atomic E-state index is 8.77. The molecule has 1 atom stereocenters. The van der Waals surface area contributed by atoms with Crippen molar-refractivity contribution < 1.29 is 10.0 Å². The fourth-order valence-electron chi connectivity index (χ4n) is 1.80. The van der Waals surface area contributed by atoms with Crippen LogP contribution >= 0.6 is 11.6 Å². The Morgan fingerprint density at radius 1 is 0.875 bits per heavy atom. The molecule has 0 amide bonds. The van der Waals surface area contributed by atoms with Crippen LogP contribution in [0.1, 0.15) is 71.1 Å². The first kappa shape index (κ1) is 16.3. The maximum Gasteiger partial charge on any atom is 0.470 e. The van der Waals surface area contributed by atoms with Gasteiger partial charge in [0.2, 0.25) is 0 Å². The topological polar surface area (TPSA) is 40.5 Å². The molecule has 2 nitrogen and oxygen atoms in total. The summed E-state index contributed by atoms with van der Waals surface area (Å²) in [5, 5.41) is 17.0. The fraction of sp³-hybridized carbons (Fsp3) is 1.00. The van der Waals surface area contributed by atoms with Gasteiger partial charge in [0.1, 0.15) is 0 Å². The monoisotopic (exact) mass is 248 g/mol. The molecular weight excluding hydrogens is 222 g/mol. The Labute approximate surface area is 106 Å². The molecule has 0 fully saturated rings. The van der Waals surface area contributed by atoms with Crippen LogP contribution in [0.15, 0.2) is 0 Å². The van der Waals surface area contributed by atoms with Gasteiger partial charge < -0.3 is 10.0 Å². The van der Waals surface area contributed by atoms with E-state index in [1.165, 1.54) is 44.9 Å². The lowest BCUT2D eigenvalue weighted by Gasteiger charge is -2.07. The summed E-state index contributed by atoms with van der Waals surface area (Å²) in [4.78, 5) is 0. The molecule has 0 aliphatic carbocycles. The molecule has 0 radical (unpaired) electrons. The Bertz CT molecular complexity index is 145. The normalized spacial score (nSPS) is 12.8. The average molecular weight is 249 g/mol. The van der Waals surface area contributed by atoms with Gasteiger partial charge in [0.25, 0.3) is 0 Å². The van der Waals surface area contributed by atoms with Gasteiger partial charge in [0.15, 0.2) is 0 Å². The molecule has 0 saturated carbocycles. The van der Waals surface area contributed by atoms with Gasteiger partial charge in [-0.05, 0) is 6.42 Å². The number of halogens is 1. The van der Waals surface area contributed by atoms with Crippen molar-refractivity contribution in [2.45, 2.75) is 76.4 Å². The molecule has 16 heavy (non-hydrogen) atoms. The number of hydrogen-bond acceptors (Lipinski definition) is 2. The van der Waals surface area contributed by atoms with Crippen molar-refractivity contribution in [2.24, 2.45) is 0 Å². The number of alkyl halides is 1. The Morgan fingerprint density at radius 3 is 1.75 bits per heavy atom. The molecule has 0 aromatic rings. The Kier molecular flexibility index (Phi) is 12.0. The van der Waals surface area contributed by atoms with Gasteiger partial charge in [0, 0.05) is 0 Å². The minimum absolute atomic E-state index is 0.496. The molecular formula is C12H26BClO2. The van der Waals surface area contributed by atoms with Gasteiger partial charge in [-0.3, -0.25) is 0 Å². The van der Waals surface area contributed by atoms with Gasteiger partial charge in [-0.15, -0.1) is 11.6 Å². The van der Waals surface area contributed by atoms with E-state index < -0.39 is 12.4 Å². The molecule has 0 aliphatic heterocycles. The van der Waals surface area contributed by atoms with Crippen LogP contribution in [0.4, 0.5) is 0 Å². The van der Waals surface area contributed by atoms with Crippen LogP contribution in [-0.4, -0.2) is 22.4 Å². The molecule has 2 N–H and O–H groups in total. The molecule has 0 bridgehead atoms. The third-order valence-electron chi connectivity index (χ3n) is 2.91. The quantitative estimate of drug-likeness (QED) is 0.334. The highest BCUT2D eigenvalue weighted by Gasteiger charge is 2.19. The summed E-state index contributed by atoms with van der Waals surface area (Å²) in [7, 11) is -1.37. The summed E-state index contributed by atoms with van der Waals surface area (Å²) in [5.41, 5.74) is 0. The summed E-state index contributed by atoms with van der Waals surface area (Å²) in [6.07, 6.45) is 12.2. The summed E-state index contributed by atoms with van der Waals surface area (Å²) >= 11 is 5.71. The molecule has 0 heterocycles. The standard InChI is InChI=1S/C12H26BClO2/c1-2-3-4-5-6-7-8-9-10-11-12(14)13(15)16/h12,15-16H,2-11H2,1H3. The fourth-order valence-corrected chi connectivity index (χ4v) is 1.95. The van der Waals surface area contributed by atoms with Gasteiger partial charge in [-0.1, -0.05) is 64.7 Å². The first-order chi connectivity index (χ1) is 7.68. The highest BCUT2D eigenvalue weighted by atomic mass is 35.5. The molecule has 0 aromatic heterocycles. The largest absolute Gasteiger partial charge is 0.470 e. The number of unbranched alkanes of at least 4 members (excludes halogenated alkanes) is 8. The van der Waals surface area contributed by atoms with Crippen LogP contribution < -0.4 is 0 Å². The minimum Gasteiger partial charge on any atom is -0.426 e. The molecule has 0 rings (SSSR count). The molecule has 4 heteroatoms. The van der Waals surface area contributed by atoms with E-state index >= 15 is 0 Å². The minimum atomic E-state index is -1.37. The van der Waals surface area contributed by atoms with E-state index in [0.29, 0.717) is 6.42 Å². The first-order valence-corrected chi connectivity index (χ1v) is 7.12. The van der Waals surface area contributed by atoms with Crippen molar-refractivity contribution in [2.75, 3.05) is 0 Å². The van der Waals surface area contributed by atoms with Gasteiger partial charge >= 0.3 is 7.12 Å². The molecule has 0 aromatic carbocycles. The summed E-state index contributed by atoms with van der Waals surface area (Å²) in [6.45, 7) is 2.23. The highest BCUT2D eigenvalue weighted by molar-refractivity contribution is 6.57. The second kappa shape index (κ2) is 11.8. The Hall–Kier alpha value is 0.275. The van der Waals surface area contributed by atoms with Crippen LogP contribution in [0.25, 0.3) is 0 Å². The smallest absolute Gasteiger partial charge is 0.426 e. The molecule has 0 saturated heterocycles. The van der Waals surface area contributed by atoms with Crippen LogP contribution in [0.5, 0.6) is 0 Å². The highest BCUT2D eigenvalue weighted by Crippen LogP contribution is 2.13. The van der Waals surface area contributed by atoms with Gasteiger partial charge in [-0.2, -0.15) is 0 Å². The number of rotatable bonds is 11. The van der Waals surface area contributed by atoms with Crippen LogP contribution in [-0.2, 0) is 0 Å². The first-order valence-electron chi connectivity index (χ1n) is 6.68. The van der Waals surface area contributed by atoms with E-state index in [-0.39, 0.29) is 0 Å². The lowest BCUT2D eigenvalue weighted by atomic mass is 9.82. The second-order valence-corrected chi connectivity index (χ2v) is 5.11.